The molecule has 0 radical (unpaired) electrons. The van der Waals surface area contributed by atoms with E-state index < -0.39 is 0 Å². The van der Waals surface area contributed by atoms with Gasteiger partial charge in [0.25, 0.3) is 0 Å². The van der Waals surface area contributed by atoms with Gasteiger partial charge in [0, 0.05) is 18.2 Å². The third-order valence-electron chi connectivity index (χ3n) is 2.95. The molecule has 1 aromatic carbocycles. The molecule has 1 heteroatoms. The molecule has 1 nitrogen and oxygen atoms in total. The Kier molecular flexibility index (Phi) is 2.97. The molecule has 14 heavy (non-hydrogen) atoms. The lowest BCUT2D eigenvalue weighted by Crippen LogP contribution is -2.11. The van der Waals surface area contributed by atoms with E-state index in [0.717, 1.165) is 13.0 Å². The fourth-order valence-corrected chi connectivity index (χ4v) is 2.18. The quantitative estimate of drug-likeness (QED) is 0.689. The molecule has 0 aromatic heterocycles. The molecule has 0 saturated heterocycles. The van der Waals surface area contributed by atoms with Crippen LogP contribution in [0.15, 0.2) is 35.3 Å². The molecular formula is C13H17N. The summed E-state index contributed by atoms with van der Waals surface area (Å²) < 4.78 is 0. The molecule has 0 bridgehead atoms. The van der Waals surface area contributed by atoms with Crippen molar-refractivity contribution in [2.24, 2.45) is 10.9 Å². The van der Waals surface area contributed by atoms with Crippen molar-refractivity contribution in [3.8, 4) is 0 Å². The summed E-state index contributed by atoms with van der Waals surface area (Å²) in [6.07, 6.45) is 3.54. The SMILES string of the molecule is CCC1=NCCC1Cc1ccccc1. The summed E-state index contributed by atoms with van der Waals surface area (Å²) in [4.78, 5) is 4.55. The van der Waals surface area contributed by atoms with E-state index in [0.29, 0.717) is 5.92 Å². The predicted molar refractivity (Wildman–Crippen MR) is 60.8 cm³/mol. The van der Waals surface area contributed by atoms with E-state index in [9.17, 15) is 0 Å². The maximum Gasteiger partial charge on any atom is 0.0395 e. The van der Waals surface area contributed by atoms with Gasteiger partial charge in [-0.3, -0.25) is 4.99 Å². The molecule has 0 saturated carbocycles. The van der Waals surface area contributed by atoms with E-state index in [4.69, 9.17) is 0 Å². The van der Waals surface area contributed by atoms with E-state index >= 15 is 0 Å². The molecule has 74 valence electrons. The van der Waals surface area contributed by atoms with Crippen LogP contribution in [0.3, 0.4) is 0 Å². The van der Waals surface area contributed by atoms with Crippen LogP contribution in [0.25, 0.3) is 0 Å². The van der Waals surface area contributed by atoms with Gasteiger partial charge in [-0.05, 0) is 24.8 Å². The first-order chi connectivity index (χ1) is 6.90. The number of hydrogen-bond donors (Lipinski definition) is 0. The summed E-state index contributed by atoms with van der Waals surface area (Å²) in [6, 6.07) is 10.7. The number of benzene rings is 1. The summed E-state index contributed by atoms with van der Waals surface area (Å²) in [5.41, 5.74) is 2.87. The zero-order valence-corrected chi connectivity index (χ0v) is 8.74. The Morgan fingerprint density at radius 3 is 2.79 bits per heavy atom. The zero-order valence-electron chi connectivity index (χ0n) is 8.74. The minimum absolute atomic E-state index is 0.711. The van der Waals surface area contributed by atoms with Crippen molar-refractivity contribution < 1.29 is 0 Å². The van der Waals surface area contributed by atoms with Gasteiger partial charge in [0.15, 0.2) is 0 Å². The number of hydrogen-bond acceptors (Lipinski definition) is 1. The Bertz CT molecular complexity index is 313. The highest BCUT2D eigenvalue weighted by molar-refractivity contribution is 5.88. The fraction of sp³-hybridized carbons (Fsp3) is 0.462. The molecule has 1 heterocycles. The van der Waals surface area contributed by atoms with Crippen molar-refractivity contribution in [2.45, 2.75) is 26.2 Å². The molecule has 0 N–H and O–H groups in total. The topological polar surface area (TPSA) is 12.4 Å². The van der Waals surface area contributed by atoms with Crippen LogP contribution in [0.1, 0.15) is 25.3 Å². The van der Waals surface area contributed by atoms with Crippen LogP contribution in [-0.4, -0.2) is 12.3 Å². The minimum atomic E-state index is 0.711. The lowest BCUT2D eigenvalue weighted by Gasteiger charge is -2.11. The third kappa shape index (κ3) is 2.03. The van der Waals surface area contributed by atoms with Crippen molar-refractivity contribution in [1.82, 2.24) is 0 Å². The molecule has 0 fully saturated rings. The molecule has 0 spiro atoms. The van der Waals surface area contributed by atoms with Gasteiger partial charge in [-0.1, -0.05) is 37.3 Å². The summed E-state index contributed by atoms with van der Waals surface area (Å²) in [5.74, 6) is 0.711. The van der Waals surface area contributed by atoms with E-state index in [1.807, 2.05) is 0 Å². The Morgan fingerprint density at radius 1 is 1.29 bits per heavy atom. The van der Waals surface area contributed by atoms with Crippen LogP contribution in [-0.2, 0) is 6.42 Å². The Labute approximate surface area is 85.9 Å². The molecule has 1 aliphatic heterocycles. The van der Waals surface area contributed by atoms with Crippen LogP contribution in [0.4, 0.5) is 0 Å². The van der Waals surface area contributed by atoms with E-state index in [-0.39, 0.29) is 0 Å². The van der Waals surface area contributed by atoms with Crippen LogP contribution >= 0.6 is 0 Å². The van der Waals surface area contributed by atoms with Crippen molar-refractivity contribution in [3.05, 3.63) is 35.9 Å². The maximum absolute atomic E-state index is 4.55. The number of aliphatic imine (C=N–C) groups is 1. The molecule has 2 rings (SSSR count). The molecule has 1 atom stereocenters. The first kappa shape index (κ1) is 9.45. The van der Waals surface area contributed by atoms with Gasteiger partial charge in [-0.2, -0.15) is 0 Å². The van der Waals surface area contributed by atoms with Crippen LogP contribution in [0.2, 0.25) is 0 Å². The summed E-state index contributed by atoms with van der Waals surface area (Å²) in [6.45, 7) is 3.25. The number of nitrogens with zero attached hydrogens (tertiary/aromatic N) is 1. The molecular weight excluding hydrogens is 170 g/mol. The Hall–Kier alpha value is -1.11. The maximum atomic E-state index is 4.55. The van der Waals surface area contributed by atoms with Crippen molar-refractivity contribution in [2.75, 3.05) is 6.54 Å². The van der Waals surface area contributed by atoms with Crippen molar-refractivity contribution in [1.29, 1.82) is 0 Å². The lowest BCUT2D eigenvalue weighted by molar-refractivity contribution is 0.668. The normalized spacial score (nSPS) is 20.9. The second-order valence-corrected chi connectivity index (χ2v) is 3.90. The highest BCUT2D eigenvalue weighted by Crippen LogP contribution is 2.20. The van der Waals surface area contributed by atoms with Crippen LogP contribution in [0, 0.1) is 5.92 Å². The second-order valence-electron chi connectivity index (χ2n) is 3.90. The third-order valence-corrected chi connectivity index (χ3v) is 2.95. The van der Waals surface area contributed by atoms with Gasteiger partial charge >= 0.3 is 0 Å². The minimum Gasteiger partial charge on any atom is -0.294 e. The van der Waals surface area contributed by atoms with Gasteiger partial charge < -0.3 is 0 Å². The molecule has 0 aliphatic carbocycles. The van der Waals surface area contributed by atoms with E-state index in [2.05, 4.69) is 42.2 Å². The average molecular weight is 187 g/mol. The van der Waals surface area contributed by atoms with Gasteiger partial charge in [-0.15, -0.1) is 0 Å². The van der Waals surface area contributed by atoms with Crippen molar-refractivity contribution >= 4 is 5.71 Å². The number of rotatable bonds is 3. The van der Waals surface area contributed by atoms with E-state index in [1.165, 1.54) is 24.1 Å². The molecule has 1 aromatic rings. The second kappa shape index (κ2) is 4.41. The van der Waals surface area contributed by atoms with Crippen LogP contribution < -0.4 is 0 Å². The highest BCUT2D eigenvalue weighted by Gasteiger charge is 2.19. The summed E-state index contributed by atoms with van der Waals surface area (Å²) >= 11 is 0. The fourth-order valence-electron chi connectivity index (χ4n) is 2.18. The molecule has 0 amide bonds. The smallest absolute Gasteiger partial charge is 0.0395 e. The predicted octanol–water partition coefficient (Wildman–Crippen LogP) is 3.10. The van der Waals surface area contributed by atoms with Crippen LogP contribution in [0.5, 0.6) is 0 Å². The largest absolute Gasteiger partial charge is 0.294 e. The van der Waals surface area contributed by atoms with Gasteiger partial charge in [-0.25, -0.2) is 0 Å². The van der Waals surface area contributed by atoms with Crippen molar-refractivity contribution in [3.63, 3.8) is 0 Å². The standard InChI is InChI=1S/C13H17N/c1-2-13-12(8-9-14-13)10-11-6-4-3-5-7-11/h3-7,12H,2,8-10H2,1H3. The van der Waals surface area contributed by atoms with E-state index in [1.54, 1.807) is 0 Å². The van der Waals surface area contributed by atoms with Gasteiger partial charge in [0.2, 0.25) is 0 Å². The van der Waals surface area contributed by atoms with Gasteiger partial charge in [0.1, 0.15) is 0 Å². The molecule has 1 aliphatic rings. The monoisotopic (exact) mass is 187 g/mol. The highest BCUT2D eigenvalue weighted by atomic mass is 14.8. The Balaban J connectivity index is 2.02. The zero-order chi connectivity index (χ0) is 9.80. The average Bonchev–Trinajstić information content (AvgIpc) is 2.67. The summed E-state index contributed by atoms with van der Waals surface area (Å²) in [5, 5.41) is 0. The molecule has 1 unspecified atom stereocenters. The first-order valence-corrected chi connectivity index (χ1v) is 5.47. The first-order valence-electron chi connectivity index (χ1n) is 5.47. The summed E-state index contributed by atoms with van der Waals surface area (Å²) in [7, 11) is 0. The Morgan fingerprint density at radius 2 is 2.07 bits per heavy atom. The lowest BCUT2D eigenvalue weighted by atomic mass is 9.93. The van der Waals surface area contributed by atoms with Gasteiger partial charge in [0.05, 0.1) is 0 Å².